The topological polar surface area (TPSA) is 31.0 Å². The van der Waals surface area contributed by atoms with E-state index in [1.807, 2.05) is 0 Å². The summed E-state index contributed by atoms with van der Waals surface area (Å²) in [4.78, 5) is 0. The molecule has 0 saturated carbocycles. The van der Waals surface area contributed by atoms with Gasteiger partial charge in [0.05, 0.1) is 13.7 Å². The van der Waals surface area contributed by atoms with Gasteiger partial charge in [-0.3, -0.25) is 0 Å². The van der Waals surface area contributed by atoms with Crippen molar-refractivity contribution in [3.8, 4) is 33.8 Å². The van der Waals surface area contributed by atoms with Gasteiger partial charge in [-0.25, -0.2) is 13.2 Å². The van der Waals surface area contributed by atoms with Crippen LogP contribution < -0.4 is 9.47 Å². The molecule has 0 bridgehead atoms. The van der Waals surface area contributed by atoms with Gasteiger partial charge in [0.15, 0.2) is 23.2 Å². The van der Waals surface area contributed by atoms with Crippen molar-refractivity contribution in [2.75, 3.05) is 13.7 Å². The molecule has 3 nitrogen and oxygen atoms in total. The van der Waals surface area contributed by atoms with E-state index in [2.05, 4.69) is 0 Å². The lowest BCUT2D eigenvalue weighted by Gasteiger charge is -2.12. The molecule has 1 aliphatic rings. The van der Waals surface area contributed by atoms with Gasteiger partial charge in [0.25, 0.3) is 0 Å². The molecule has 0 spiro atoms. The van der Waals surface area contributed by atoms with Gasteiger partial charge in [0.2, 0.25) is 5.82 Å². The first-order valence-electron chi connectivity index (χ1n) is 10.9. The Kier molecular flexibility index (Phi) is 6.17. The third-order valence-corrected chi connectivity index (χ3v) is 5.90. The van der Waals surface area contributed by atoms with Crippen LogP contribution in [0.3, 0.4) is 0 Å². The van der Waals surface area contributed by atoms with E-state index in [0.717, 1.165) is 0 Å². The summed E-state index contributed by atoms with van der Waals surface area (Å²) in [6.45, 7) is 0.354. The summed E-state index contributed by atoms with van der Waals surface area (Å²) in [6.07, 6.45) is -0.381. The van der Waals surface area contributed by atoms with Crippen LogP contribution >= 0.6 is 0 Å². The molecule has 0 aliphatic carbocycles. The van der Waals surface area contributed by atoms with Crippen molar-refractivity contribution >= 4 is 0 Å². The highest BCUT2D eigenvalue weighted by atomic mass is 19.2. The van der Waals surface area contributed by atoms with E-state index in [1.54, 1.807) is 48.5 Å². The molecule has 0 aromatic heterocycles. The molecule has 0 N–H and O–H groups in total. The van der Waals surface area contributed by atoms with Gasteiger partial charge in [-0.05, 0) is 41.0 Å². The van der Waals surface area contributed by atoms with E-state index >= 15 is 0 Å². The molecule has 0 amide bonds. The van der Waals surface area contributed by atoms with Crippen LogP contribution in [0, 0.1) is 23.3 Å². The molecule has 1 unspecified atom stereocenters. The van der Waals surface area contributed by atoms with E-state index in [9.17, 15) is 17.6 Å². The first kappa shape index (κ1) is 22.9. The predicted octanol–water partition coefficient (Wildman–Crippen LogP) is 7.24. The Hall–Kier alpha value is -3.84. The fourth-order valence-electron chi connectivity index (χ4n) is 3.84. The molecular formula is C28H20F4O3. The Labute approximate surface area is 199 Å². The Balaban J connectivity index is 1.29. The molecule has 0 radical (unpaired) electrons. The van der Waals surface area contributed by atoms with Crippen LogP contribution in [0.5, 0.6) is 11.5 Å². The van der Waals surface area contributed by atoms with Gasteiger partial charge in [0.1, 0.15) is 18.5 Å². The normalized spacial score (nSPS) is 14.6. The number of ether oxygens (including phenoxy) is 3. The zero-order chi connectivity index (χ0) is 24.5. The molecule has 7 heteroatoms. The lowest BCUT2D eigenvalue weighted by Crippen LogP contribution is -2.00. The summed E-state index contributed by atoms with van der Waals surface area (Å²) in [7, 11) is 1.52. The highest BCUT2D eigenvalue weighted by Crippen LogP contribution is 2.36. The minimum Gasteiger partial charge on any atom is -0.497 e. The van der Waals surface area contributed by atoms with Crippen molar-refractivity contribution < 1.29 is 31.8 Å². The lowest BCUT2D eigenvalue weighted by atomic mass is 10.0. The summed E-state index contributed by atoms with van der Waals surface area (Å²) in [5.41, 5.74) is 2.08. The second-order valence-electron chi connectivity index (χ2n) is 8.11. The molecule has 4 aromatic carbocycles. The minimum atomic E-state index is -1.09. The van der Waals surface area contributed by atoms with Gasteiger partial charge in [-0.2, -0.15) is 4.39 Å². The summed E-state index contributed by atoms with van der Waals surface area (Å²) >= 11 is 0. The number of hydrogen-bond acceptors (Lipinski definition) is 3. The molecule has 35 heavy (non-hydrogen) atoms. The Morgan fingerprint density at radius 1 is 0.714 bits per heavy atom. The number of benzene rings is 4. The van der Waals surface area contributed by atoms with Gasteiger partial charge >= 0.3 is 0 Å². The quantitative estimate of drug-likeness (QED) is 0.206. The predicted molar refractivity (Wildman–Crippen MR) is 123 cm³/mol. The van der Waals surface area contributed by atoms with Crippen LogP contribution in [0.15, 0.2) is 72.8 Å². The third kappa shape index (κ3) is 4.59. The largest absolute Gasteiger partial charge is 0.497 e. The highest BCUT2D eigenvalue weighted by Gasteiger charge is 2.30. The number of rotatable bonds is 7. The van der Waals surface area contributed by atoms with E-state index in [-0.39, 0.29) is 35.2 Å². The van der Waals surface area contributed by atoms with Crippen molar-refractivity contribution in [2.24, 2.45) is 0 Å². The average molecular weight is 480 g/mol. The molecule has 4 aromatic rings. The number of epoxide rings is 1. The van der Waals surface area contributed by atoms with Crippen molar-refractivity contribution in [2.45, 2.75) is 12.7 Å². The lowest BCUT2D eigenvalue weighted by molar-refractivity contribution is 0.285. The fourth-order valence-corrected chi connectivity index (χ4v) is 3.84. The Bertz CT molecular complexity index is 1360. The molecule has 1 saturated heterocycles. The zero-order valence-electron chi connectivity index (χ0n) is 18.7. The fraction of sp³-hybridized carbons (Fsp3) is 0.143. The summed E-state index contributed by atoms with van der Waals surface area (Å²) < 4.78 is 73.8. The molecular weight excluding hydrogens is 460 g/mol. The Morgan fingerprint density at radius 3 is 1.89 bits per heavy atom. The van der Waals surface area contributed by atoms with Crippen molar-refractivity contribution in [1.82, 2.24) is 0 Å². The van der Waals surface area contributed by atoms with Gasteiger partial charge in [-0.1, -0.05) is 48.5 Å². The molecule has 1 heterocycles. The molecule has 178 valence electrons. The van der Waals surface area contributed by atoms with Gasteiger partial charge in [0, 0.05) is 16.7 Å². The average Bonchev–Trinajstić information content (AvgIpc) is 3.72. The second-order valence-corrected chi connectivity index (χ2v) is 8.11. The monoisotopic (exact) mass is 480 g/mol. The number of halogens is 4. The summed E-state index contributed by atoms with van der Waals surface area (Å²) in [5.74, 6) is -3.56. The van der Waals surface area contributed by atoms with Crippen LogP contribution in [0.1, 0.15) is 17.2 Å². The van der Waals surface area contributed by atoms with E-state index in [1.165, 1.54) is 31.4 Å². The number of hydrogen-bond donors (Lipinski definition) is 0. The zero-order valence-corrected chi connectivity index (χ0v) is 18.7. The van der Waals surface area contributed by atoms with Gasteiger partial charge < -0.3 is 14.2 Å². The standard InChI is InChI=1S/C28H20F4O3/c1-33-19-8-6-18(7-9-19)21-12-13-23(28(32)26(21)30)34-14-16-2-4-17(5-3-16)20-10-11-22(24-15-35-24)27(31)25(20)29/h2-13,24H,14-15H2,1H3. The maximum Gasteiger partial charge on any atom is 0.201 e. The molecule has 5 rings (SSSR count). The van der Waals surface area contributed by atoms with Crippen LogP contribution in [-0.2, 0) is 11.3 Å². The first-order valence-corrected chi connectivity index (χ1v) is 10.9. The van der Waals surface area contributed by atoms with E-state index < -0.39 is 23.3 Å². The molecule has 1 fully saturated rings. The molecule has 1 atom stereocenters. The summed E-state index contributed by atoms with van der Waals surface area (Å²) in [6, 6.07) is 19.0. The van der Waals surface area contributed by atoms with Crippen LogP contribution in [-0.4, -0.2) is 13.7 Å². The van der Waals surface area contributed by atoms with Crippen molar-refractivity contribution in [1.29, 1.82) is 0 Å². The van der Waals surface area contributed by atoms with Crippen LogP contribution in [0.25, 0.3) is 22.3 Å². The first-order chi connectivity index (χ1) is 17.0. The van der Waals surface area contributed by atoms with E-state index in [0.29, 0.717) is 29.0 Å². The minimum absolute atomic E-state index is 0.0344. The van der Waals surface area contributed by atoms with Crippen LogP contribution in [0.2, 0.25) is 0 Å². The van der Waals surface area contributed by atoms with Crippen LogP contribution in [0.4, 0.5) is 17.6 Å². The summed E-state index contributed by atoms with van der Waals surface area (Å²) in [5, 5.41) is 0. The van der Waals surface area contributed by atoms with Crippen molar-refractivity contribution in [3.63, 3.8) is 0 Å². The Morgan fingerprint density at radius 2 is 1.29 bits per heavy atom. The maximum atomic E-state index is 14.7. The molecule has 1 aliphatic heterocycles. The number of methoxy groups -OCH3 is 1. The van der Waals surface area contributed by atoms with E-state index in [4.69, 9.17) is 14.2 Å². The van der Waals surface area contributed by atoms with Crippen molar-refractivity contribution in [3.05, 3.63) is 107 Å². The van der Waals surface area contributed by atoms with Gasteiger partial charge in [-0.15, -0.1) is 0 Å². The third-order valence-electron chi connectivity index (χ3n) is 5.90. The SMILES string of the molecule is COc1ccc(-c2ccc(OCc3ccc(-c4ccc(C5CO5)c(F)c4F)cc3)c(F)c2F)cc1. The highest BCUT2D eigenvalue weighted by molar-refractivity contribution is 5.66. The smallest absolute Gasteiger partial charge is 0.201 e. The second kappa shape index (κ2) is 9.43. The maximum absolute atomic E-state index is 14.7.